The molecule has 0 spiro atoms. The predicted octanol–water partition coefficient (Wildman–Crippen LogP) is -4.10. The van der Waals surface area contributed by atoms with Crippen molar-refractivity contribution in [2.45, 2.75) is 134 Å². The van der Waals surface area contributed by atoms with Gasteiger partial charge in [-0.15, -0.1) is 0 Å². The molecule has 252 valence electrons. The molecule has 12 N–H and O–H groups in total. The fourth-order valence-corrected chi connectivity index (χ4v) is 3.84. The van der Waals surface area contributed by atoms with Gasteiger partial charge in [-0.25, -0.2) is 0 Å². The van der Waals surface area contributed by atoms with Crippen molar-refractivity contribution in [1.29, 1.82) is 0 Å². The summed E-state index contributed by atoms with van der Waals surface area (Å²) in [5.41, 5.74) is 0. The van der Waals surface area contributed by atoms with Crippen LogP contribution in [0.25, 0.3) is 0 Å². The number of hydrogen-bond acceptors (Lipinski definition) is 12. The summed E-state index contributed by atoms with van der Waals surface area (Å²) < 4.78 is 0. The lowest BCUT2D eigenvalue weighted by Crippen LogP contribution is -2.60. The lowest BCUT2D eigenvalue weighted by atomic mass is 9.93. The van der Waals surface area contributed by atoms with Crippen LogP contribution in [0, 0.1) is 0 Å². The van der Waals surface area contributed by atoms with Crippen LogP contribution in [0.3, 0.4) is 0 Å². The summed E-state index contributed by atoms with van der Waals surface area (Å²) in [6.07, 6.45) is -9.52. The van der Waals surface area contributed by atoms with E-state index in [1.807, 2.05) is 6.92 Å². The molecule has 0 aromatic rings. The van der Waals surface area contributed by atoms with E-state index in [0.29, 0.717) is 12.8 Å². The highest BCUT2D eigenvalue weighted by Gasteiger charge is 2.38. The maximum absolute atomic E-state index is 11.5. The Bertz CT molecular complexity index is 875. The summed E-state index contributed by atoms with van der Waals surface area (Å²) in [5.74, 6) is -1.89. The Balaban J connectivity index is 0. The maximum atomic E-state index is 11.5. The molecule has 4 amide bonds. The van der Waals surface area contributed by atoms with Crippen molar-refractivity contribution >= 4 is 23.6 Å². The zero-order valence-corrected chi connectivity index (χ0v) is 25.8. The highest BCUT2D eigenvalue weighted by atomic mass is 16.4. The first-order valence-electron chi connectivity index (χ1n) is 13.9. The minimum Gasteiger partial charge on any atom is -0.391 e. The molecule has 0 bridgehead atoms. The molecule has 12 atom stereocenters. The third kappa shape index (κ3) is 16.1. The van der Waals surface area contributed by atoms with Crippen molar-refractivity contribution in [3.63, 3.8) is 0 Å². The molecule has 43 heavy (non-hydrogen) atoms. The number of hydrogen-bond donors (Lipinski definition) is 12. The number of carbonyl (C=O) groups excluding carboxylic acids is 4. The van der Waals surface area contributed by atoms with Crippen molar-refractivity contribution in [3.8, 4) is 0 Å². The highest BCUT2D eigenvalue weighted by molar-refractivity contribution is 5.87. The second-order valence-electron chi connectivity index (χ2n) is 10.5. The molecule has 0 saturated carbocycles. The van der Waals surface area contributed by atoms with Crippen molar-refractivity contribution in [2.24, 2.45) is 0 Å². The molecule has 16 nitrogen and oxygen atoms in total. The Labute approximate surface area is 252 Å². The fraction of sp³-hybridized carbons (Fsp3) is 0.778. The Morgan fingerprint density at radius 2 is 0.953 bits per heavy atom. The number of nitrogens with one attached hydrogen (secondary N) is 4. The molecular formula is C27H52N4O12. The van der Waals surface area contributed by atoms with Crippen molar-refractivity contribution in [1.82, 2.24) is 21.3 Å². The van der Waals surface area contributed by atoms with Crippen LogP contribution in [0.15, 0.2) is 12.7 Å². The molecule has 0 aliphatic carbocycles. The van der Waals surface area contributed by atoms with Crippen LogP contribution < -0.4 is 21.3 Å². The van der Waals surface area contributed by atoms with Gasteiger partial charge >= 0.3 is 0 Å². The molecule has 0 aromatic heterocycles. The topological polar surface area (TPSA) is 278 Å². The van der Waals surface area contributed by atoms with Crippen LogP contribution >= 0.6 is 0 Å². The van der Waals surface area contributed by atoms with E-state index in [9.17, 15) is 60.0 Å². The Kier molecular flexibility index (Phi) is 20.8. The van der Waals surface area contributed by atoms with Gasteiger partial charge in [0.25, 0.3) is 0 Å². The van der Waals surface area contributed by atoms with Crippen LogP contribution in [-0.2, 0) is 19.2 Å². The summed E-state index contributed by atoms with van der Waals surface area (Å²) in [4.78, 5) is 45.0. The van der Waals surface area contributed by atoms with E-state index >= 15 is 0 Å². The summed E-state index contributed by atoms with van der Waals surface area (Å²) in [6.45, 7) is 13.0. The Morgan fingerprint density at radius 1 is 0.605 bits per heavy atom. The summed E-state index contributed by atoms with van der Waals surface area (Å²) >= 11 is 0. The monoisotopic (exact) mass is 624 g/mol. The number of aliphatic hydroxyl groups excluding tert-OH is 8. The van der Waals surface area contributed by atoms with E-state index in [4.69, 9.17) is 0 Å². The minimum absolute atomic E-state index is 0.270. The molecular weight excluding hydrogens is 572 g/mol. The Morgan fingerprint density at radius 3 is 1.23 bits per heavy atom. The number of amides is 4. The predicted molar refractivity (Wildman–Crippen MR) is 155 cm³/mol. The normalized spacial score (nSPS) is 19.5. The SMILES string of the molecule is C=CC(=O)NC(C)C(O)C(O)C(NC(C)=O)C(O)C(C)O.CCCC(=O)NC(C)C(O)C(O)C(NC(C)=O)C(O)C(C)O. The third-order valence-electron chi connectivity index (χ3n) is 6.35. The molecule has 0 fully saturated rings. The number of aliphatic hydroxyl groups is 8. The summed E-state index contributed by atoms with van der Waals surface area (Å²) in [7, 11) is 0. The van der Waals surface area contributed by atoms with E-state index in [-0.39, 0.29) is 5.91 Å². The maximum Gasteiger partial charge on any atom is 0.243 e. The molecule has 16 heteroatoms. The van der Waals surface area contributed by atoms with Gasteiger partial charge in [-0.05, 0) is 40.2 Å². The van der Waals surface area contributed by atoms with Gasteiger partial charge in [-0.1, -0.05) is 13.5 Å². The first-order chi connectivity index (χ1) is 19.7. The van der Waals surface area contributed by atoms with E-state index in [1.54, 1.807) is 0 Å². The van der Waals surface area contributed by atoms with E-state index in [2.05, 4.69) is 27.8 Å². The van der Waals surface area contributed by atoms with Crippen LogP contribution in [-0.4, -0.2) is 137 Å². The van der Waals surface area contributed by atoms with E-state index < -0.39 is 90.7 Å². The van der Waals surface area contributed by atoms with Gasteiger partial charge in [0.2, 0.25) is 23.6 Å². The third-order valence-corrected chi connectivity index (χ3v) is 6.35. The zero-order valence-electron chi connectivity index (χ0n) is 25.8. The number of rotatable bonds is 17. The van der Waals surface area contributed by atoms with Crippen LogP contribution in [0.1, 0.15) is 61.3 Å². The lowest BCUT2D eigenvalue weighted by molar-refractivity contribution is -0.129. The second kappa shape index (κ2) is 21.1. The van der Waals surface area contributed by atoms with Gasteiger partial charge in [0.15, 0.2) is 0 Å². The molecule has 12 unspecified atom stereocenters. The molecule has 0 aliphatic heterocycles. The van der Waals surface area contributed by atoms with Crippen LogP contribution in [0.4, 0.5) is 0 Å². The Hall–Kier alpha value is -2.70. The minimum atomic E-state index is -1.60. The van der Waals surface area contributed by atoms with Gasteiger partial charge in [-0.2, -0.15) is 0 Å². The standard InChI is InChI=1S/C14H28N2O6.C13H24N2O6/c1-5-6-10(19)15-7(2)12(20)14(22)11(16-9(4)18)13(21)8(3)17;1-5-9(18)14-6(2)11(19)13(21)10(15-8(4)17)12(20)7(3)16/h7-8,11-14,17,20-22H,5-6H2,1-4H3,(H,15,19)(H,16,18);5-7,10-13,16,19-21H,1H2,2-4H3,(H,14,18)(H,15,17). The average molecular weight is 625 g/mol. The van der Waals surface area contributed by atoms with Gasteiger partial charge in [-0.3, -0.25) is 19.2 Å². The molecule has 0 rings (SSSR count). The highest BCUT2D eigenvalue weighted by Crippen LogP contribution is 2.13. The van der Waals surface area contributed by atoms with Crippen LogP contribution in [0.5, 0.6) is 0 Å². The first kappa shape index (κ1) is 42.4. The van der Waals surface area contributed by atoms with Gasteiger partial charge in [0.1, 0.15) is 36.6 Å². The van der Waals surface area contributed by atoms with E-state index in [0.717, 1.165) is 6.08 Å². The quantitative estimate of drug-likeness (QED) is 0.0688. The lowest BCUT2D eigenvalue weighted by Gasteiger charge is -2.34. The largest absolute Gasteiger partial charge is 0.391 e. The smallest absolute Gasteiger partial charge is 0.243 e. The van der Waals surface area contributed by atoms with E-state index in [1.165, 1.54) is 41.5 Å². The zero-order chi connectivity index (χ0) is 34.2. The molecule has 0 heterocycles. The average Bonchev–Trinajstić information content (AvgIpc) is 2.92. The molecule has 0 saturated heterocycles. The van der Waals surface area contributed by atoms with Gasteiger partial charge in [0.05, 0.1) is 36.4 Å². The summed E-state index contributed by atoms with van der Waals surface area (Å²) in [6, 6.07) is -4.20. The van der Waals surface area contributed by atoms with Gasteiger partial charge < -0.3 is 62.1 Å². The molecule has 0 aromatic carbocycles. The first-order valence-corrected chi connectivity index (χ1v) is 13.9. The fourth-order valence-electron chi connectivity index (χ4n) is 3.84. The van der Waals surface area contributed by atoms with Gasteiger partial charge in [0, 0.05) is 20.3 Å². The van der Waals surface area contributed by atoms with Crippen LogP contribution in [0.2, 0.25) is 0 Å². The molecule has 0 aliphatic rings. The number of carbonyl (C=O) groups is 4. The van der Waals surface area contributed by atoms with Crippen molar-refractivity contribution in [2.75, 3.05) is 0 Å². The second-order valence-corrected chi connectivity index (χ2v) is 10.5. The molecule has 0 radical (unpaired) electrons. The van der Waals surface area contributed by atoms with Crippen molar-refractivity contribution in [3.05, 3.63) is 12.7 Å². The summed E-state index contributed by atoms with van der Waals surface area (Å²) in [5, 5.41) is 88.3. The van der Waals surface area contributed by atoms with Crippen molar-refractivity contribution < 1.29 is 60.0 Å².